The van der Waals surface area contributed by atoms with Crippen LogP contribution in [0.2, 0.25) is 0 Å². The number of carbonyl (C=O) groups excluding carboxylic acids is 1. The topological polar surface area (TPSA) is 228 Å². The van der Waals surface area contributed by atoms with Crippen LogP contribution in [0, 0.1) is 11.8 Å². The fourth-order valence-electron chi connectivity index (χ4n) is 7.52. The molecular weight excluding hydrogens is 622 g/mol. The zero-order chi connectivity index (χ0) is 33.5. The van der Waals surface area contributed by atoms with E-state index in [1.165, 1.54) is 6.08 Å². The third-order valence-electron chi connectivity index (χ3n) is 10.2. The van der Waals surface area contributed by atoms with E-state index in [1.54, 1.807) is 6.08 Å². The van der Waals surface area contributed by atoms with Gasteiger partial charge in [-0.25, -0.2) is 0 Å². The van der Waals surface area contributed by atoms with Gasteiger partial charge in [-0.1, -0.05) is 12.1 Å². The van der Waals surface area contributed by atoms with Crippen molar-refractivity contribution >= 4 is 11.5 Å². The molecule has 0 radical (unpaired) electrons. The lowest BCUT2D eigenvalue weighted by Gasteiger charge is -2.40. The molecule has 0 unspecified atom stereocenters. The molecule has 1 aliphatic carbocycles. The van der Waals surface area contributed by atoms with Gasteiger partial charge in [-0.3, -0.25) is 4.79 Å². The Labute approximate surface area is 271 Å². The highest BCUT2D eigenvalue weighted by molar-refractivity contribution is 5.91. The zero-order valence-electron chi connectivity index (χ0n) is 25.8. The first-order chi connectivity index (χ1) is 22.6. The van der Waals surface area contributed by atoms with Crippen LogP contribution in [-0.4, -0.2) is 153 Å². The summed E-state index contributed by atoms with van der Waals surface area (Å²) in [5.74, 6) is 0.0217. The summed E-state index contributed by atoms with van der Waals surface area (Å²) in [5.41, 5.74) is 1.10. The third kappa shape index (κ3) is 6.75. The second kappa shape index (κ2) is 14.4. The normalized spacial score (nSPS) is 43.3. The summed E-state index contributed by atoms with van der Waals surface area (Å²) in [6.07, 6.45) is -8.46. The molecular formula is C32H45NO14. The first kappa shape index (κ1) is 34.8. The average molecular weight is 668 g/mol. The van der Waals surface area contributed by atoms with Gasteiger partial charge in [0.05, 0.1) is 32.0 Å². The molecule has 1 aromatic carbocycles. The SMILES string of the molecule is O=C1C=C[C@]2(CCO[C@@H]3O[C@H](CO)[C@@H](O)[C@H](O)[C@H]3O)O[C@@H]3[C@@H](CCN3c3ccc(CCO[C@@H]4O[C@H](CO)[C@@H](O)[C@H](O)[C@H]4O)cc3)[C@H]2C1. The Morgan fingerprint density at radius 1 is 0.809 bits per heavy atom. The fourth-order valence-corrected chi connectivity index (χ4v) is 7.52. The van der Waals surface area contributed by atoms with Gasteiger partial charge in [-0.2, -0.15) is 0 Å². The van der Waals surface area contributed by atoms with Gasteiger partial charge in [-0.05, 0) is 42.7 Å². The van der Waals surface area contributed by atoms with Crippen LogP contribution in [0.4, 0.5) is 5.69 Å². The lowest BCUT2D eigenvalue weighted by molar-refractivity contribution is -0.302. The number of aliphatic hydroxyl groups is 8. The summed E-state index contributed by atoms with van der Waals surface area (Å²) in [7, 11) is 0. The Balaban J connectivity index is 1.06. The molecule has 4 fully saturated rings. The van der Waals surface area contributed by atoms with Crippen molar-refractivity contribution in [1.82, 2.24) is 0 Å². The second-order valence-electron chi connectivity index (χ2n) is 13.0. The summed E-state index contributed by atoms with van der Waals surface area (Å²) >= 11 is 0. The van der Waals surface area contributed by atoms with E-state index in [9.17, 15) is 45.6 Å². The quantitative estimate of drug-likeness (QED) is 0.120. The molecule has 6 rings (SSSR count). The van der Waals surface area contributed by atoms with Crippen LogP contribution in [0.1, 0.15) is 24.8 Å². The molecule has 262 valence electrons. The van der Waals surface area contributed by atoms with E-state index in [1.807, 2.05) is 24.3 Å². The Bertz CT molecular complexity index is 1250. The smallest absolute Gasteiger partial charge is 0.186 e. The molecule has 8 N–H and O–H groups in total. The van der Waals surface area contributed by atoms with E-state index in [0.29, 0.717) is 19.3 Å². The third-order valence-corrected chi connectivity index (χ3v) is 10.2. The molecule has 15 nitrogen and oxygen atoms in total. The van der Waals surface area contributed by atoms with Crippen LogP contribution in [0.5, 0.6) is 0 Å². The van der Waals surface area contributed by atoms with Crippen LogP contribution in [0.3, 0.4) is 0 Å². The van der Waals surface area contributed by atoms with Crippen LogP contribution in [-0.2, 0) is 34.9 Å². The molecule has 0 spiro atoms. The number of ketones is 1. The van der Waals surface area contributed by atoms with E-state index in [-0.39, 0.29) is 37.1 Å². The van der Waals surface area contributed by atoms with Gasteiger partial charge in [0.2, 0.25) is 0 Å². The molecule has 15 heteroatoms. The summed E-state index contributed by atoms with van der Waals surface area (Å²) in [5, 5.41) is 79.5. The first-order valence-electron chi connectivity index (χ1n) is 16.2. The summed E-state index contributed by atoms with van der Waals surface area (Å²) < 4.78 is 29.0. The van der Waals surface area contributed by atoms with E-state index in [2.05, 4.69) is 4.90 Å². The molecule has 0 amide bonds. The minimum absolute atomic E-state index is 0.0264. The van der Waals surface area contributed by atoms with Crippen molar-refractivity contribution in [2.75, 3.05) is 37.9 Å². The number of hydrogen-bond donors (Lipinski definition) is 8. The van der Waals surface area contributed by atoms with Crippen molar-refractivity contribution in [1.29, 1.82) is 0 Å². The summed E-state index contributed by atoms with van der Waals surface area (Å²) in [6, 6.07) is 7.86. The molecule has 5 aliphatic rings. The number of fused-ring (bicyclic) bond motifs is 3. The van der Waals surface area contributed by atoms with Crippen LogP contribution >= 0.6 is 0 Å². The number of anilines is 1. The molecule has 4 heterocycles. The van der Waals surface area contributed by atoms with Gasteiger partial charge in [0.15, 0.2) is 18.4 Å². The van der Waals surface area contributed by atoms with E-state index in [0.717, 1.165) is 24.2 Å². The lowest BCUT2D eigenvalue weighted by Crippen LogP contribution is -2.59. The van der Waals surface area contributed by atoms with Crippen molar-refractivity contribution in [2.24, 2.45) is 11.8 Å². The molecule has 47 heavy (non-hydrogen) atoms. The average Bonchev–Trinajstić information content (AvgIpc) is 3.62. The highest BCUT2D eigenvalue weighted by Crippen LogP contribution is 2.53. The number of rotatable bonds is 11. The largest absolute Gasteiger partial charge is 0.394 e. The molecule has 0 aromatic heterocycles. The number of allylic oxidation sites excluding steroid dienone is 1. The number of aliphatic hydroxyl groups excluding tert-OH is 8. The van der Waals surface area contributed by atoms with Crippen molar-refractivity contribution < 1.29 is 69.3 Å². The number of benzene rings is 1. The summed E-state index contributed by atoms with van der Waals surface area (Å²) in [4.78, 5) is 14.7. The predicted molar refractivity (Wildman–Crippen MR) is 160 cm³/mol. The van der Waals surface area contributed by atoms with Crippen molar-refractivity contribution in [3.05, 3.63) is 42.0 Å². The molecule has 4 aliphatic heterocycles. The van der Waals surface area contributed by atoms with E-state index >= 15 is 0 Å². The van der Waals surface area contributed by atoms with Gasteiger partial charge in [-0.15, -0.1) is 0 Å². The zero-order valence-corrected chi connectivity index (χ0v) is 25.8. The maximum atomic E-state index is 12.5. The standard InChI is InChI=1S/C32H45NO14/c34-14-21-23(37)25(39)27(41)30(45-21)43-11-7-16-1-3-17(4-2-16)33-10-6-19-20-13-18(36)5-8-32(20,47-29(19)33)9-12-44-31-28(42)26(40)24(38)22(15-35)46-31/h1-5,8,19-31,34-35,37-42H,6-7,9-15H2/t19-,20+,21+,22+,23+,24+,25-,26-,27+,28+,29+,30+,31+,32+/m0/s1. The minimum Gasteiger partial charge on any atom is -0.394 e. The fraction of sp³-hybridized carbons (Fsp3) is 0.719. The highest BCUT2D eigenvalue weighted by Gasteiger charge is 2.58. The van der Waals surface area contributed by atoms with Crippen LogP contribution < -0.4 is 4.90 Å². The minimum atomic E-state index is -1.54. The second-order valence-corrected chi connectivity index (χ2v) is 13.0. The van der Waals surface area contributed by atoms with Gasteiger partial charge in [0, 0.05) is 36.9 Å². The predicted octanol–water partition coefficient (Wildman–Crippen LogP) is -2.68. The number of nitrogens with zero attached hydrogens (tertiary/aromatic N) is 1. The monoisotopic (exact) mass is 667 g/mol. The van der Waals surface area contributed by atoms with Crippen LogP contribution in [0.15, 0.2) is 36.4 Å². The Kier molecular flexibility index (Phi) is 10.7. The van der Waals surface area contributed by atoms with E-state index < -0.39 is 80.2 Å². The van der Waals surface area contributed by atoms with Gasteiger partial charge < -0.3 is 69.4 Å². The first-order valence-corrected chi connectivity index (χ1v) is 16.2. The molecule has 0 bridgehead atoms. The maximum absolute atomic E-state index is 12.5. The lowest BCUT2D eigenvalue weighted by atomic mass is 9.72. The maximum Gasteiger partial charge on any atom is 0.186 e. The Morgan fingerprint density at radius 3 is 2.00 bits per heavy atom. The molecule has 4 saturated heterocycles. The number of carbonyl (C=O) groups is 1. The van der Waals surface area contributed by atoms with Crippen molar-refractivity contribution in [2.45, 2.75) is 98.9 Å². The van der Waals surface area contributed by atoms with Gasteiger partial charge in [0.25, 0.3) is 0 Å². The molecule has 1 aromatic rings. The van der Waals surface area contributed by atoms with Gasteiger partial charge in [0.1, 0.15) is 55.1 Å². The molecule has 14 atom stereocenters. The Hall–Kier alpha value is -2.09. The van der Waals surface area contributed by atoms with Crippen LogP contribution in [0.25, 0.3) is 0 Å². The highest BCUT2D eigenvalue weighted by atomic mass is 16.7. The van der Waals surface area contributed by atoms with Crippen molar-refractivity contribution in [3.63, 3.8) is 0 Å². The molecule has 0 saturated carbocycles. The van der Waals surface area contributed by atoms with Gasteiger partial charge >= 0.3 is 0 Å². The number of ether oxygens (including phenoxy) is 5. The number of hydrogen-bond acceptors (Lipinski definition) is 15. The van der Waals surface area contributed by atoms with Crippen molar-refractivity contribution in [3.8, 4) is 0 Å². The summed E-state index contributed by atoms with van der Waals surface area (Å²) in [6.45, 7) is -0.118. The van der Waals surface area contributed by atoms with E-state index in [4.69, 9.17) is 23.7 Å². The Morgan fingerprint density at radius 2 is 1.40 bits per heavy atom.